The fourth-order valence-electron chi connectivity index (χ4n) is 2.49. The molecule has 0 aliphatic heterocycles. The number of halogens is 2. The number of rotatable bonds is 5. The van der Waals surface area contributed by atoms with Crippen molar-refractivity contribution in [3.8, 4) is 0 Å². The van der Waals surface area contributed by atoms with E-state index in [2.05, 4.69) is 15.5 Å². The molecular weight excluding hydrogens is 409 g/mol. The van der Waals surface area contributed by atoms with Gasteiger partial charge in [0.15, 0.2) is 11.5 Å². The van der Waals surface area contributed by atoms with Gasteiger partial charge in [0.2, 0.25) is 0 Å². The smallest absolute Gasteiger partial charge is 0.280 e. The SMILES string of the molecule is Cc1ccccc1N=N/C(C(=O)Nc1cc(Cl)ccc1Cl)=C(\O)c1ccccc1. The minimum atomic E-state index is -0.673. The van der Waals surface area contributed by atoms with Crippen LogP contribution in [0.2, 0.25) is 10.0 Å². The van der Waals surface area contributed by atoms with Crippen molar-refractivity contribution in [2.24, 2.45) is 10.2 Å². The van der Waals surface area contributed by atoms with E-state index in [4.69, 9.17) is 23.2 Å². The van der Waals surface area contributed by atoms with Crippen LogP contribution in [-0.2, 0) is 4.79 Å². The van der Waals surface area contributed by atoms with Crippen LogP contribution in [0, 0.1) is 6.92 Å². The van der Waals surface area contributed by atoms with Gasteiger partial charge in [0.1, 0.15) is 0 Å². The van der Waals surface area contributed by atoms with Crippen molar-refractivity contribution in [3.63, 3.8) is 0 Å². The van der Waals surface area contributed by atoms with Gasteiger partial charge in [-0.1, -0.05) is 71.7 Å². The van der Waals surface area contributed by atoms with Crippen LogP contribution < -0.4 is 5.32 Å². The summed E-state index contributed by atoms with van der Waals surface area (Å²) in [4.78, 5) is 12.9. The molecule has 7 heteroatoms. The first kappa shape index (κ1) is 20.6. The van der Waals surface area contributed by atoms with Crippen molar-refractivity contribution in [1.29, 1.82) is 0 Å². The topological polar surface area (TPSA) is 74.0 Å². The molecule has 0 spiro atoms. The number of aliphatic hydroxyl groups is 1. The summed E-state index contributed by atoms with van der Waals surface area (Å²) in [6.45, 7) is 1.88. The normalized spacial score (nSPS) is 12.0. The second-order valence-corrected chi connectivity index (χ2v) is 6.97. The molecule has 29 heavy (non-hydrogen) atoms. The molecular formula is C22H17Cl2N3O2. The average Bonchev–Trinajstić information content (AvgIpc) is 2.72. The van der Waals surface area contributed by atoms with Crippen LogP contribution in [-0.4, -0.2) is 11.0 Å². The summed E-state index contributed by atoms with van der Waals surface area (Å²) in [5, 5.41) is 22.2. The third kappa shape index (κ3) is 5.22. The first-order valence-corrected chi connectivity index (χ1v) is 9.43. The summed E-state index contributed by atoms with van der Waals surface area (Å²) >= 11 is 12.1. The number of nitrogens with one attached hydrogen (secondary N) is 1. The molecule has 0 heterocycles. The van der Waals surface area contributed by atoms with Gasteiger partial charge in [-0.15, -0.1) is 10.2 Å². The molecule has 0 bridgehead atoms. The Morgan fingerprint density at radius 2 is 1.66 bits per heavy atom. The number of hydrogen-bond acceptors (Lipinski definition) is 4. The predicted molar refractivity (Wildman–Crippen MR) is 117 cm³/mol. The summed E-state index contributed by atoms with van der Waals surface area (Å²) in [6, 6.07) is 20.6. The van der Waals surface area contributed by atoms with Crippen molar-refractivity contribution in [1.82, 2.24) is 0 Å². The van der Waals surface area contributed by atoms with E-state index in [1.807, 2.05) is 25.1 Å². The lowest BCUT2D eigenvalue weighted by atomic mass is 10.1. The largest absolute Gasteiger partial charge is 0.505 e. The van der Waals surface area contributed by atoms with Crippen LogP contribution in [0.5, 0.6) is 0 Å². The highest BCUT2D eigenvalue weighted by molar-refractivity contribution is 6.36. The van der Waals surface area contributed by atoms with E-state index in [1.54, 1.807) is 48.5 Å². The molecule has 2 N–H and O–H groups in total. The number of carbonyl (C=O) groups is 1. The van der Waals surface area contributed by atoms with Gasteiger partial charge < -0.3 is 10.4 Å². The average molecular weight is 426 g/mol. The van der Waals surface area contributed by atoms with Crippen molar-refractivity contribution < 1.29 is 9.90 Å². The fourth-order valence-corrected chi connectivity index (χ4v) is 2.82. The Morgan fingerprint density at radius 3 is 2.38 bits per heavy atom. The molecule has 0 unspecified atom stereocenters. The van der Waals surface area contributed by atoms with E-state index in [1.165, 1.54) is 6.07 Å². The van der Waals surface area contributed by atoms with Gasteiger partial charge in [0.05, 0.1) is 16.4 Å². The summed E-state index contributed by atoms with van der Waals surface area (Å²) in [5.74, 6) is -0.980. The Hall–Kier alpha value is -3.15. The van der Waals surface area contributed by atoms with E-state index < -0.39 is 5.91 Å². The van der Waals surface area contributed by atoms with Gasteiger partial charge in [-0.3, -0.25) is 4.79 Å². The number of benzene rings is 3. The number of hydrogen-bond donors (Lipinski definition) is 2. The highest BCUT2D eigenvalue weighted by Gasteiger charge is 2.18. The van der Waals surface area contributed by atoms with Gasteiger partial charge in [0.25, 0.3) is 5.91 Å². The molecule has 0 aliphatic rings. The summed E-state index contributed by atoms with van der Waals surface area (Å²) in [5.41, 5.74) is 1.94. The third-order valence-corrected chi connectivity index (χ3v) is 4.60. The first-order valence-electron chi connectivity index (χ1n) is 8.68. The van der Waals surface area contributed by atoms with E-state index in [0.29, 0.717) is 27.0 Å². The zero-order valence-corrected chi connectivity index (χ0v) is 16.9. The Balaban J connectivity index is 2.02. The number of nitrogens with zero attached hydrogens (tertiary/aromatic N) is 2. The van der Waals surface area contributed by atoms with Crippen LogP contribution in [0.1, 0.15) is 11.1 Å². The lowest BCUT2D eigenvalue weighted by Crippen LogP contribution is -2.15. The first-order chi connectivity index (χ1) is 14.0. The zero-order valence-electron chi connectivity index (χ0n) is 15.4. The molecule has 3 aromatic rings. The van der Waals surface area contributed by atoms with Crippen LogP contribution in [0.15, 0.2) is 88.7 Å². The van der Waals surface area contributed by atoms with E-state index in [9.17, 15) is 9.90 Å². The van der Waals surface area contributed by atoms with E-state index >= 15 is 0 Å². The lowest BCUT2D eigenvalue weighted by Gasteiger charge is -2.10. The molecule has 0 atom stereocenters. The number of azo groups is 1. The predicted octanol–water partition coefficient (Wildman–Crippen LogP) is 6.95. The van der Waals surface area contributed by atoms with Crippen LogP contribution in [0.4, 0.5) is 11.4 Å². The lowest BCUT2D eigenvalue weighted by molar-refractivity contribution is -0.112. The van der Waals surface area contributed by atoms with Crippen LogP contribution in [0.25, 0.3) is 5.76 Å². The van der Waals surface area contributed by atoms with Crippen molar-refractivity contribution in [2.75, 3.05) is 5.32 Å². The summed E-state index contributed by atoms with van der Waals surface area (Å²) in [7, 11) is 0. The van der Waals surface area contributed by atoms with Crippen LogP contribution in [0.3, 0.4) is 0 Å². The number of aliphatic hydroxyl groups excluding tert-OH is 1. The Bertz CT molecular complexity index is 1100. The van der Waals surface area contributed by atoms with Gasteiger partial charge >= 0.3 is 0 Å². The quantitative estimate of drug-likeness (QED) is 0.263. The minimum Gasteiger partial charge on any atom is -0.505 e. The van der Waals surface area contributed by atoms with Gasteiger partial charge in [-0.2, -0.15) is 0 Å². The van der Waals surface area contributed by atoms with Gasteiger partial charge in [-0.25, -0.2) is 0 Å². The monoisotopic (exact) mass is 425 g/mol. The molecule has 3 aromatic carbocycles. The van der Waals surface area contributed by atoms with Crippen molar-refractivity contribution in [3.05, 3.63) is 99.7 Å². The maximum absolute atomic E-state index is 12.9. The van der Waals surface area contributed by atoms with Crippen LogP contribution >= 0.6 is 23.2 Å². The Morgan fingerprint density at radius 1 is 0.966 bits per heavy atom. The number of carbonyl (C=O) groups excluding carboxylic acids is 1. The second-order valence-electron chi connectivity index (χ2n) is 6.13. The second kappa shape index (κ2) is 9.37. The molecule has 3 rings (SSSR count). The molecule has 0 radical (unpaired) electrons. The Labute approximate surface area is 178 Å². The molecule has 146 valence electrons. The number of anilines is 1. The van der Waals surface area contributed by atoms with Gasteiger partial charge in [-0.05, 0) is 36.8 Å². The summed E-state index contributed by atoms with van der Waals surface area (Å²) < 4.78 is 0. The van der Waals surface area contributed by atoms with E-state index in [-0.39, 0.29) is 11.5 Å². The standard InChI is InChI=1S/C22H17Cl2N3O2/c1-14-7-5-6-10-18(14)26-27-20(21(28)15-8-3-2-4-9-15)22(29)25-19-13-16(23)11-12-17(19)24/h2-13,28H,1H3,(H,25,29)/b21-20-,27-26?. The van der Waals surface area contributed by atoms with Crippen molar-refractivity contribution in [2.45, 2.75) is 6.92 Å². The Kier molecular flexibility index (Phi) is 6.65. The van der Waals surface area contributed by atoms with E-state index in [0.717, 1.165) is 5.56 Å². The van der Waals surface area contributed by atoms with Crippen molar-refractivity contribution >= 4 is 46.2 Å². The maximum Gasteiger partial charge on any atom is 0.280 e. The maximum atomic E-state index is 12.9. The highest BCUT2D eigenvalue weighted by atomic mass is 35.5. The molecule has 0 saturated heterocycles. The fraction of sp³-hybridized carbons (Fsp3) is 0.0455. The molecule has 0 saturated carbocycles. The van der Waals surface area contributed by atoms with Gasteiger partial charge in [0, 0.05) is 10.6 Å². The number of amides is 1. The summed E-state index contributed by atoms with van der Waals surface area (Å²) in [6.07, 6.45) is 0. The molecule has 5 nitrogen and oxygen atoms in total. The molecule has 0 fully saturated rings. The molecule has 0 aromatic heterocycles. The zero-order chi connectivity index (χ0) is 20.8. The number of aryl methyl sites for hydroxylation is 1. The highest BCUT2D eigenvalue weighted by Crippen LogP contribution is 2.28. The third-order valence-electron chi connectivity index (χ3n) is 4.04. The molecule has 1 amide bonds. The minimum absolute atomic E-state index is 0.254. The molecule has 0 aliphatic carbocycles.